The number of anilines is 1. The highest BCUT2D eigenvalue weighted by Gasteiger charge is 2.30. The number of carbonyl (C=O) groups excluding carboxylic acids is 2. The first-order valence-corrected chi connectivity index (χ1v) is 17.5. The average molecular weight is 667 g/mol. The van der Waals surface area contributed by atoms with Crippen molar-refractivity contribution in [2.24, 2.45) is 5.92 Å². The van der Waals surface area contributed by atoms with Crippen molar-refractivity contribution < 1.29 is 34.1 Å². The van der Waals surface area contributed by atoms with Crippen LogP contribution in [0.1, 0.15) is 98.4 Å². The summed E-state index contributed by atoms with van der Waals surface area (Å²) in [5.41, 5.74) is 2.07. The second kappa shape index (κ2) is 18.2. The predicted octanol–water partition coefficient (Wildman–Crippen LogP) is 5.77. The van der Waals surface area contributed by atoms with Gasteiger partial charge in [-0.15, -0.1) is 0 Å². The van der Waals surface area contributed by atoms with E-state index < -0.39 is 12.0 Å². The number of aromatic carboxylic acids is 1. The number of rotatable bonds is 9. The van der Waals surface area contributed by atoms with Gasteiger partial charge in [-0.2, -0.15) is 0 Å². The number of ether oxygens (including phenoxy) is 2. The molecule has 0 radical (unpaired) electrons. The molecule has 1 aliphatic carbocycles. The summed E-state index contributed by atoms with van der Waals surface area (Å²) in [5, 5.41) is 25.5. The number of nitrogens with zero attached hydrogens (tertiary/aromatic N) is 2. The Balaban J connectivity index is 1.55. The highest BCUT2D eigenvalue weighted by molar-refractivity contribution is 5.99. The molecule has 0 bridgehead atoms. The monoisotopic (exact) mass is 666 g/mol. The van der Waals surface area contributed by atoms with Crippen LogP contribution in [0.3, 0.4) is 0 Å². The van der Waals surface area contributed by atoms with Crippen molar-refractivity contribution in [1.82, 2.24) is 15.1 Å². The van der Waals surface area contributed by atoms with E-state index in [-0.39, 0.29) is 48.3 Å². The van der Waals surface area contributed by atoms with E-state index in [1.165, 1.54) is 6.42 Å². The van der Waals surface area contributed by atoms with Crippen LogP contribution in [-0.4, -0.2) is 95.6 Å². The quantitative estimate of drug-likeness (QED) is 0.265. The Morgan fingerprint density at radius 2 is 1.73 bits per heavy atom. The maximum Gasteiger partial charge on any atom is 0.335 e. The number of aliphatic hydroxyl groups excluding tert-OH is 1. The Labute approximate surface area is 285 Å². The number of carboxylic acid groups (broad SMARTS) is 1. The fraction of sp³-hybridized carbons (Fsp3) is 0.595. The Morgan fingerprint density at radius 1 is 1.02 bits per heavy atom. The number of carbonyl (C=O) groups is 3. The van der Waals surface area contributed by atoms with Crippen LogP contribution in [-0.2, 0) is 11.3 Å². The van der Waals surface area contributed by atoms with Crippen LogP contribution in [0.25, 0.3) is 0 Å². The molecule has 48 heavy (non-hydrogen) atoms. The summed E-state index contributed by atoms with van der Waals surface area (Å²) in [7, 11) is 2.00. The highest BCUT2D eigenvalue weighted by Crippen LogP contribution is 2.29. The van der Waals surface area contributed by atoms with Crippen molar-refractivity contribution in [3.8, 4) is 5.75 Å². The number of likely N-dealkylation sites (N-methyl/N-ethyl adjacent to an activating group) is 1. The maximum atomic E-state index is 14.4. The van der Waals surface area contributed by atoms with Gasteiger partial charge in [-0.25, -0.2) is 9.59 Å². The molecule has 0 unspecified atom stereocenters. The van der Waals surface area contributed by atoms with Crippen LogP contribution >= 0.6 is 0 Å². The van der Waals surface area contributed by atoms with Crippen molar-refractivity contribution in [3.63, 3.8) is 0 Å². The SMILES string of the molecule is C[C@@H]1CCCCO[C@@H](CN(C)Cc2ccc(C(=O)O)cc2)[C@H](C)CN([C@H](C)CO)C(=O)c2cc(NC(=O)NC3CCCCC3)ccc2O1. The van der Waals surface area contributed by atoms with E-state index in [9.17, 15) is 24.6 Å². The lowest BCUT2D eigenvalue weighted by molar-refractivity contribution is -0.0177. The van der Waals surface area contributed by atoms with Gasteiger partial charge in [0.15, 0.2) is 0 Å². The topological polar surface area (TPSA) is 141 Å². The van der Waals surface area contributed by atoms with Gasteiger partial charge in [0.2, 0.25) is 0 Å². The van der Waals surface area contributed by atoms with Gasteiger partial charge >= 0.3 is 12.0 Å². The van der Waals surface area contributed by atoms with Gasteiger partial charge in [0.05, 0.1) is 36.0 Å². The first-order chi connectivity index (χ1) is 23.0. The van der Waals surface area contributed by atoms with Crippen LogP contribution < -0.4 is 15.4 Å². The number of fused-ring (bicyclic) bond motifs is 1. The van der Waals surface area contributed by atoms with Crippen molar-refractivity contribution in [1.29, 1.82) is 0 Å². The molecular weight excluding hydrogens is 612 g/mol. The van der Waals surface area contributed by atoms with Crippen LogP contribution in [0.4, 0.5) is 10.5 Å². The number of amides is 3. The zero-order chi connectivity index (χ0) is 34.6. The standard InChI is InChI=1S/C37H54N4O7/c1-25-21-41(26(2)24-42)35(43)32-20-31(39-37(46)38-30-11-6-5-7-12-30)17-18-33(32)48-27(3)10-8-9-19-47-34(25)23-40(4)22-28-13-15-29(16-14-28)36(44)45/h13-18,20,25-27,30,34,42H,5-12,19,21-24H2,1-4H3,(H,44,45)(H2,38,39,46)/t25-,26-,27-,34+/m1/s1. The van der Waals surface area contributed by atoms with Crippen LogP contribution in [0.5, 0.6) is 5.75 Å². The second-order valence-corrected chi connectivity index (χ2v) is 13.6. The van der Waals surface area contributed by atoms with E-state index in [1.54, 1.807) is 35.2 Å². The third kappa shape index (κ3) is 10.9. The number of benzene rings is 2. The maximum absolute atomic E-state index is 14.4. The Morgan fingerprint density at radius 3 is 2.42 bits per heavy atom. The van der Waals surface area contributed by atoms with Crippen molar-refractivity contribution >= 4 is 23.6 Å². The summed E-state index contributed by atoms with van der Waals surface area (Å²) in [5.74, 6) is -0.880. The Kier molecular flexibility index (Phi) is 14.1. The van der Waals surface area contributed by atoms with E-state index >= 15 is 0 Å². The summed E-state index contributed by atoms with van der Waals surface area (Å²) < 4.78 is 12.8. The highest BCUT2D eigenvalue weighted by atomic mass is 16.5. The van der Waals surface area contributed by atoms with Crippen LogP contribution in [0, 0.1) is 5.92 Å². The van der Waals surface area contributed by atoms with Gasteiger partial charge in [0.25, 0.3) is 5.91 Å². The van der Waals surface area contributed by atoms with Crippen molar-refractivity contribution in [3.05, 3.63) is 59.2 Å². The van der Waals surface area contributed by atoms with Gasteiger partial charge in [0.1, 0.15) is 5.75 Å². The third-order valence-electron chi connectivity index (χ3n) is 9.39. The average Bonchev–Trinajstić information content (AvgIpc) is 3.06. The van der Waals surface area contributed by atoms with Crippen molar-refractivity contribution in [2.75, 3.05) is 38.7 Å². The van der Waals surface area contributed by atoms with E-state index in [4.69, 9.17) is 9.47 Å². The predicted molar refractivity (Wildman–Crippen MR) is 186 cm³/mol. The molecule has 0 aromatic heterocycles. The molecule has 2 aromatic rings. The molecule has 1 saturated carbocycles. The number of hydrogen-bond acceptors (Lipinski definition) is 7. The lowest BCUT2D eigenvalue weighted by Gasteiger charge is -2.36. The third-order valence-corrected chi connectivity index (χ3v) is 9.39. The van der Waals surface area contributed by atoms with Crippen molar-refractivity contribution in [2.45, 2.75) is 103 Å². The molecule has 0 spiro atoms. The summed E-state index contributed by atoms with van der Waals surface area (Å²) in [6.45, 7) is 7.75. The zero-order valence-corrected chi connectivity index (χ0v) is 29.0. The molecule has 11 nitrogen and oxygen atoms in total. The van der Waals surface area contributed by atoms with Gasteiger partial charge in [-0.3, -0.25) is 9.69 Å². The normalized spacial score (nSPS) is 22.2. The smallest absolute Gasteiger partial charge is 0.335 e. The van der Waals surface area contributed by atoms with Crippen LogP contribution in [0.15, 0.2) is 42.5 Å². The van der Waals surface area contributed by atoms with E-state index in [2.05, 4.69) is 22.5 Å². The summed E-state index contributed by atoms with van der Waals surface area (Å²) >= 11 is 0. The number of aliphatic hydroxyl groups is 1. The molecule has 4 rings (SSSR count). The molecule has 2 aliphatic rings. The van der Waals surface area contributed by atoms with Gasteiger partial charge in [-0.1, -0.05) is 38.3 Å². The largest absolute Gasteiger partial charge is 0.490 e. The minimum absolute atomic E-state index is 0.0893. The molecule has 4 N–H and O–H groups in total. The fourth-order valence-corrected chi connectivity index (χ4v) is 6.50. The molecule has 3 amide bonds. The minimum atomic E-state index is -0.954. The second-order valence-electron chi connectivity index (χ2n) is 13.6. The number of nitrogens with one attached hydrogen (secondary N) is 2. The lowest BCUT2D eigenvalue weighted by atomic mass is 9.96. The van der Waals surface area contributed by atoms with Gasteiger partial charge in [0, 0.05) is 43.9 Å². The van der Waals surface area contributed by atoms with Gasteiger partial charge < -0.3 is 35.2 Å². The zero-order valence-electron chi connectivity index (χ0n) is 29.0. The van der Waals surface area contributed by atoms with E-state index in [1.807, 2.05) is 33.0 Å². The molecule has 1 aliphatic heterocycles. The van der Waals surface area contributed by atoms with E-state index in [0.717, 1.165) is 50.5 Å². The molecule has 11 heteroatoms. The molecule has 1 fully saturated rings. The number of urea groups is 1. The summed E-state index contributed by atoms with van der Waals surface area (Å²) in [6, 6.07) is 11.4. The van der Waals surface area contributed by atoms with Gasteiger partial charge in [-0.05, 0) is 88.9 Å². The Bertz CT molecular complexity index is 1350. The molecule has 2 aromatic carbocycles. The number of hydrogen-bond donors (Lipinski definition) is 4. The molecule has 264 valence electrons. The lowest BCUT2D eigenvalue weighted by Crippen LogP contribution is -2.47. The summed E-state index contributed by atoms with van der Waals surface area (Å²) in [4.78, 5) is 42.3. The minimum Gasteiger partial charge on any atom is -0.490 e. The Hall–Kier alpha value is -3.67. The first kappa shape index (κ1) is 37.2. The number of carboxylic acids is 1. The molecule has 1 heterocycles. The summed E-state index contributed by atoms with van der Waals surface area (Å²) in [6.07, 6.45) is 7.52. The van der Waals surface area contributed by atoms with Crippen LogP contribution in [0.2, 0.25) is 0 Å². The molecule has 0 saturated heterocycles. The van der Waals surface area contributed by atoms with E-state index in [0.29, 0.717) is 43.2 Å². The first-order valence-electron chi connectivity index (χ1n) is 17.5. The molecule has 4 atom stereocenters. The molecular formula is C37H54N4O7. The fourth-order valence-electron chi connectivity index (χ4n) is 6.50.